The number of benzene rings is 1. The smallest absolute Gasteiger partial charge is 0.0110 e. The summed E-state index contributed by atoms with van der Waals surface area (Å²) in [5, 5.41) is 0. The van der Waals surface area contributed by atoms with E-state index in [2.05, 4.69) is 44.2 Å². The van der Waals surface area contributed by atoms with Crippen molar-refractivity contribution in [1.82, 2.24) is 0 Å². The largest absolute Gasteiger partial charge is 0.0622 e. The van der Waals surface area contributed by atoms with E-state index in [1.807, 2.05) is 0 Å². The molecule has 1 aliphatic carbocycles. The second kappa shape index (κ2) is 2.62. The van der Waals surface area contributed by atoms with Crippen LogP contribution in [0, 0.1) is 5.41 Å². The molecule has 1 atom stereocenters. The summed E-state index contributed by atoms with van der Waals surface area (Å²) in [6, 6.07) is 10.9. The van der Waals surface area contributed by atoms with Crippen molar-refractivity contribution in [1.29, 1.82) is 0 Å². The van der Waals surface area contributed by atoms with E-state index in [0.717, 1.165) is 5.92 Å². The van der Waals surface area contributed by atoms with Crippen molar-refractivity contribution in [2.45, 2.75) is 32.6 Å². The molecule has 2 rings (SSSR count). The Balaban J connectivity index is 2.22. The molecule has 12 heavy (non-hydrogen) atoms. The van der Waals surface area contributed by atoms with E-state index in [-0.39, 0.29) is 0 Å². The maximum absolute atomic E-state index is 2.37. The Labute approximate surface area is 74.6 Å². The van der Waals surface area contributed by atoms with Crippen LogP contribution >= 0.6 is 0 Å². The Morgan fingerprint density at radius 2 is 1.83 bits per heavy atom. The zero-order valence-corrected chi connectivity index (χ0v) is 7.88. The van der Waals surface area contributed by atoms with E-state index in [1.54, 1.807) is 0 Å². The third-order valence-corrected chi connectivity index (χ3v) is 3.22. The number of hydrogen-bond donors (Lipinski definition) is 0. The van der Waals surface area contributed by atoms with Gasteiger partial charge in [-0.15, -0.1) is 0 Å². The zero-order chi connectivity index (χ0) is 8.60. The van der Waals surface area contributed by atoms with Gasteiger partial charge in [-0.05, 0) is 29.7 Å². The van der Waals surface area contributed by atoms with Gasteiger partial charge in [-0.2, -0.15) is 0 Å². The van der Waals surface area contributed by atoms with E-state index in [4.69, 9.17) is 0 Å². The highest BCUT2D eigenvalue weighted by Gasteiger charge is 2.38. The van der Waals surface area contributed by atoms with Gasteiger partial charge in [0.1, 0.15) is 0 Å². The number of hydrogen-bond acceptors (Lipinski definition) is 0. The van der Waals surface area contributed by atoms with E-state index in [1.165, 1.54) is 18.4 Å². The van der Waals surface area contributed by atoms with Crippen molar-refractivity contribution in [3.63, 3.8) is 0 Å². The Bertz CT molecular complexity index is 259. The summed E-state index contributed by atoms with van der Waals surface area (Å²) in [5.41, 5.74) is 2.06. The quantitative estimate of drug-likeness (QED) is 0.589. The van der Waals surface area contributed by atoms with Gasteiger partial charge in [0.15, 0.2) is 0 Å². The topological polar surface area (TPSA) is 0 Å². The van der Waals surface area contributed by atoms with Gasteiger partial charge in [0.2, 0.25) is 0 Å². The first kappa shape index (κ1) is 7.85. The van der Waals surface area contributed by atoms with Gasteiger partial charge in [0.25, 0.3) is 0 Å². The van der Waals surface area contributed by atoms with Crippen molar-refractivity contribution >= 4 is 0 Å². The third kappa shape index (κ3) is 1.16. The summed E-state index contributed by atoms with van der Waals surface area (Å²) in [7, 11) is 0. The third-order valence-electron chi connectivity index (χ3n) is 3.22. The Kier molecular flexibility index (Phi) is 1.71. The van der Waals surface area contributed by atoms with E-state index < -0.39 is 0 Å². The molecule has 0 N–H and O–H groups in total. The highest BCUT2D eigenvalue weighted by molar-refractivity contribution is 5.24. The highest BCUT2D eigenvalue weighted by atomic mass is 14.4. The summed E-state index contributed by atoms with van der Waals surface area (Å²) in [6.07, 6.45) is 2.75. The van der Waals surface area contributed by atoms with Crippen LogP contribution < -0.4 is 0 Å². The standard InChI is InChI=1S/C12H16/c1-12(2)9-8-11(12)10-6-4-3-5-7-10/h3-7,11H,8-9H2,1-2H3. The summed E-state index contributed by atoms with van der Waals surface area (Å²) >= 11 is 0. The fraction of sp³-hybridized carbons (Fsp3) is 0.500. The number of rotatable bonds is 1. The molecule has 0 heterocycles. The lowest BCUT2D eigenvalue weighted by atomic mass is 9.60. The minimum absolute atomic E-state index is 0.543. The van der Waals surface area contributed by atoms with Gasteiger partial charge in [0.05, 0.1) is 0 Å². The van der Waals surface area contributed by atoms with Crippen molar-refractivity contribution in [2.75, 3.05) is 0 Å². The molecule has 0 bridgehead atoms. The summed E-state index contributed by atoms with van der Waals surface area (Å²) in [6.45, 7) is 4.74. The first-order valence-corrected chi connectivity index (χ1v) is 4.75. The zero-order valence-electron chi connectivity index (χ0n) is 7.88. The molecule has 1 unspecified atom stereocenters. The normalized spacial score (nSPS) is 26.3. The van der Waals surface area contributed by atoms with E-state index in [9.17, 15) is 0 Å². The lowest BCUT2D eigenvalue weighted by Crippen LogP contribution is -2.32. The molecule has 1 aromatic rings. The highest BCUT2D eigenvalue weighted by Crippen LogP contribution is 2.52. The van der Waals surface area contributed by atoms with Gasteiger partial charge >= 0.3 is 0 Å². The van der Waals surface area contributed by atoms with Crippen molar-refractivity contribution < 1.29 is 0 Å². The Morgan fingerprint density at radius 1 is 1.17 bits per heavy atom. The van der Waals surface area contributed by atoms with Gasteiger partial charge in [-0.3, -0.25) is 0 Å². The van der Waals surface area contributed by atoms with Crippen LogP contribution in [0.4, 0.5) is 0 Å². The summed E-state index contributed by atoms with van der Waals surface area (Å²) in [4.78, 5) is 0. The molecular weight excluding hydrogens is 144 g/mol. The van der Waals surface area contributed by atoms with Crippen LogP contribution in [0.2, 0.25) is 0 Å². The lowest BCUT2D eigenvalue weighted by molar-refractivity contribution is 0.140. The van der Waals surface area contributed by atoms with Gasteiger partial charge < -0.3 is 0 Å². The molecule has 1 aliphatic rings. The molecule has 0 amide bonds. The minimum Gasteiger partial charge on any atom is -0.0622 e. The predicted octanol–water partition coefficient (Wildman–Crippen LogP) is 3.59. The van der Waals surface area contributed by atoms with Crippen LogP contribution in [-0.4, -0.2) is 0 Å². The monoisotopic (exact) mass is 160 g/mol. The second-order valence-electron chi connectivity index (χ2n) is 4.49. The molecule has 0 heteroatoms. The maximum Gasteiger partial charge on any atom is -0.0110 e. The summed E-state index contributed by atoms with van der Waals surface area (Å²) in [5.74, 6) is 0.804. The van der Waals surface area contributed by atoms with Crippen molar-refractivity contribution in [3.05, 3.63) is 35.9 Å². The van der Waals surface area contributed by atoms with Gasteiger partial charge in [-0.1, -0.05) is 44.2 Å². The van der Waals surface area contributed by atoms with Crippen LogP contribution in [0.1, 0.15) is 38.2 Å². The second-order valence-corrected chi connectivity index (χ2v) is 4.49. The predicted molar refractivity (Wildman–Crippen MR) is 52.2 cm³/mol. The molecule has 1 fully saturated rings. The molecule has 0 aliphatic heterocycles. The first-order chi connectivity index (χ1) is 5.70. The van der Waals surface area contributed by atoms with E-state index in [0.29, 0.717) is 5.41 Å². The first-order valence-electron chi connectivity index (χ1n) is 4.75. The molecule has 0 spiro atoms. The van der Waals surface area contributed by atoms with Crippen molar-refractivity contribution in [2.24, 2.45) is 5.41 Å². The molecular formula is C12H16. The average Bonchev–Trinajstić information content (AvgIpc) is 2.05. The van der Waals surface area contributed by atoms with Crippen LogP contribution in [0.5, 0.6) is 0 Å². The molecule has 1 saturated carbocycles. The minimum atomic E-state index is 0.543. The fourth-order valence-corrected chi connectivity index (χ4v) is 2.17. The van der Waals surface area contributed by atoms with Crippen LogP contribution in [0.15, 0.2) is 30.3 Å². The lowest BCUT2D eigenvalue weighted by Gasteiger charge is -2.45. The molecule has 64 valence electrons. The summed E-state index contributed by atoms with van der Waals surface area (Å²) < 4.78 is 0. The fourth-order valence-electron chi connectivity index (χ4n) is 2.17. The van der Waals surface area contributed by atoms with E-state index >= 15 is 0 Å². The SMILES string of the molecule is CC1(C)CCC1c1ccccc1. The molecule has 1 aromatic carbocycles. The van der Waals surface area contributed by atoms with Crippen LogP contribution in [0.25, 0.3) is 0 Å². The molecule has 0 saturated heterocycles. The Morgan fingerprint density at radius 3 is 2.25 bits per heavy atom. The molecule has 0 aromatic heterocycles. The van der Waals surface area contributed by atoms with Crippen LogP contribution in [-0.2, 0) is 0 Å². The van der Waals surface area contributed by atoms with Gasteiger partial charge in [-0.25, -0.2) is 0 Å². The maximum atomic E-state index is 2.37. The van der Waals surface area contributed by atoms with Gasteiger partial charge in [0, 0.05) is 0 Å². The molecule has 0 radical (unpaired) electrons. The average molecular weight is 160 g/mol. The van der Waals surface area contributed by atoms with Crippen LogP contribution in [0.3, 0.4) is 0 Å². The Hall–Kier alpha value is -0.780. The molecule has 0 nitrogen and oxygen atoms in total. The van der Waals surface area contributed by atoms with Crippen molar-refractivity contribution in [3.8, 4) is 0 Å².